The summed E-state index contributed by atoms with van der Waals surface area (Å²) in [6, 6.07) is 1.66. The van der Waals surface area contributed by atoms with Gasteiger partial charge in [0.15, 0.2) is 0 Å². The Kier molecular flexibility index (Phi) is 2.13. The van der Waals surface area contributed by atoms with Gasteiger partial charge in [-0.15, -0.1) is 0 Å². The molecule has 9 heavy (non-hydrogen) atoms. The van der Waals surface area contributed by atoms with Gasteiger partial charge < -0.3 is 9.26 Å². The molecule has 0 fully saturated rings. The predicted molar refractivity (Wildman–Crippen MR) is 32.0 cm³/mol. The minimum Gasteiger partial charge on any atom is -0.476 e. The molecule has 1 radical (unpaired) electrons. The van der Waals surface area contributed by atoms with E-state index < -0.39 is 0 Å². The Bertz CT molecular complexity index is 148. The summed E-state index contributed by atoms with van der Waals surface area (Å²) in [4.78, 5) is 0. The fourth-order valence-electron chi connectivity index (χ4n) is 0.453. The van der Waals surface area contributed by atoms with Crippen molar-refractivity contribution in [1.82, 2.24) is 5.16 Å². The van der Waals surface area contributed by atoms with E-state index in [1.165, 1.54) is 6.26 Å². The number of aromatic nitrogens is 1. The highest BCUT2D eigenvalue weighted by atomic mass is 16.5. The molecule has 1 rings (SSSR count). The fourth-order valence-corrected chi connectivity index (χ4v) is 0.453. The lowest BCUT2D eigenvalue weighted by atomic mass is 10.5. The van der Waals surface area contributed by atoms with Crippen molar-refractivity contribution in [2.45, 2.75) is 6.42 Å². The van der Waals surface area contributed by atoms with Crippen LogP contribution in [0.3, 0.4) is 0 Å². The maximum Gasteiger partial charge on any atom is 0.253 e. The first-order valence-electron chi connectivity index (χ1n) is 2.76. The summed E-state index contributed by atoms with van der Waals surface area (Å²) in [5, 5.41) is 3.53. The molecular formula is C6H8NO2. The van der Waals surface area contributed by atoms with Gasteiger partial charge in [0, 0.05) is 6.07 Å². The molecule has 0 saturated heterocycles. The summed E-state index contributed by atoms with van der Waals surface area (Å²) in [6.07, 6.45) is 2.21. The van der Waals surface area contributed by atoms with Crippen LogP contribution in [0.25, 0.3) is 0 Å². The average Bonchev–Trinajstić information content (AvgIpc) is 2.34. The molecule has 3 heteroatoms. The molecular weight excluding hydrogens is 118 g/mol. The Balaban J connectivity index is 2.30. The number of hydrogen-bond acceptors (Lipinski definition) is 3. The van der Waals surface area contributed by atoms with Gasteiger partial charge in [-0.1, -0.05) is 0 Å². The van der Waals surface area contributed by atoms with Gasteiger partial charge >= 0.3 is 0 Å². The quantitative estimate of drug-likeness (QED) is 0.611. The molecule has 1 aromatic heterocycles. The molecule has 0 amide bonds. The summed E-state index contributed by atoms with van der Waals surface area (Å²) in [5.74, 6) is 0.527. The van der Waals surface area contributed by atoms with Gasteiger partial charge in [0.25, 0.3) is 5.88 Å². The van der Waals surface area contributed by atoms with Crippen LogP contribution in [0.5, 0.6) is 5.88 Å². The average molecular weight is 126 g/mol. The lowest BCUT2D eigenvalue weighted by Gasteiger charge is -1.94. The smallest absolute Gasteiger partial charge is 0.253 e. The number of nitrogens with zero attached hydrogens (tertiary/aromatic N) is 1. The molecule has 0 N–H and O–H groups in total. The van der Waals surface area contributed by atoms with Crippen LogP contribution in [0, 0.1) is 6.92 Å². The summed E-state index contributed by atoms with van der Waals surface area (Å²) >= 11 is 0. The Hall–Kier alpha value is -0.990. The fraction of sp³-hybridized carbons (Fsp3) is 0.333. The van der Waals surface area contributed by atoms with E-state index in [0.29, 0.717) is 12.5 Å². The van der Waals surface area contributed by atoms with E-state index in [1.807, 2.05) is 0 Å². The van der Waals surface area contributed by atoms with Crippen molar-refractivity contribution >= 4 is 0 Å². The maximum absolute atomic E-state index is 5.03. The minimum absolute atomic E-state index is 0.527. The van der Waals surface area contributed by atoms with Gasteiger partial charge in [0.1, 0.15) is 6.26 Å². The van der Waals surface area contributed by atoms with E-state index >= 15 is 0 Å². The third-order valence-electron chi connectivity index (χ3n) is 0.808. The summed E-state index contributed by atoms with van der Waals surface area (Å²) in [6.45, 7) is 4.19. The molecule has 0 spiro atoms. The van der Waals surface area contributed by atoms with Gasteiger partial charge in [-0.3, -0.25) is 0 Å². The normalized spacial score (nSPS) is 9.44. The first kappa shape index (κ1) is 6.13. The van der Waals surface area contributed by atoms with Crippen molar-refractivity contribution in [2.75, 3.05) is 6.61 Å². The van der Waals surface area contributed by atoms with Crippen LogP contribution in [0.15, 0.2) is 16.9 Å². The summed E-state index contributed by atoms with van der Waals surface area (Å²) in [7, 11) is 0. The van der Waals surface area contributed by atoms with Crippen molar-refractivity contribution in [2.24, 2.45) is 0 Å². The van der Waals surface area contributed by atoms with Crippen LogP contribution in [0.1, 0.15) is 6.42 Å². The second kappa shape index (κ2) is 3.12. The molecule has 49 valence electrons. The van der Waals surface area contributed by atoms with E-state index in [9.17, 15) is 0 Å². The molecule has 0 bridgehead atoms. The monoisotopic (exact) mass is 126 g/mol. The molecule has 1 heterocycles. The Morgan fingerprint density at radius 1 is 1.78 bits per heavy atom. The molecule has 0 aliphatic rings. The van der Waals surface area contributed by atoms with Crippen LogP contribution < -0.4 is 4.74 Å². The number of hydrogen-bond donors (Lipinski definition) is 0. The summed E-state index contributed by atoms with van der Waals surface area (Å²) < 4.78 is 9.54. The highest BCUT2D eigenvalue weighted by Crippen LogP contribution is 2.03. The van der Waals surface area contributed by atoms with Gasteiger partial charge in [0.05, 0.1) is 6.61 Å². The molecule has 0 aromatic carbocycles. The second-order valence-electron chi connectivity index (χ2n) is 1.54. The molecule has 0 saturated carbocycles. The van der Waals surface area contributed by atoms with Crippen molar-refractivity contribution in [3.8, 4) is 5.88 Å². The SMILES string of the molecule is [CH2]CCOc1ccon1. The molecule has 1 aromatic rings. The topological polar surface area (TPSA) is 35.3 Å². The molecule has 0 atom stereocenters. The van der Waals surface area contributed by atoms with Crippen LogP contribution in [-0.4, -0.2) is 11.8 Å². The van der Waals surface area contributed by atoms with E-state index in [4.69, 9.17) is 4.74 Å². The molecule has 0 aliphatic carbocycles. The van der Waals surface area contributed by atoms with E-state index in [0.717, 1.165) is 6.42 Å². The van der Waals surface area contributed by atoms with Crippen LogP contribution in [-0.2, 0) is 0 Å². The van der Waals surface area contributed by atoms with Crippen molar-refractivity contribution < 1.29 is 9.26 Å². The lowest BCUT2D eigenvalue weighted by Crippen LogP contribution is -1.94. The lowest BCUT2D eigenvalue weighted by molar-refractivity contribution is 0.284. The van der Waals surface area contributed by atoms with Gasteiger partial charge in [0.2, 0.25) is 0 Å². The first-order chi connectivity index (χ1) is 4.43. The van der Waals surface area contributed by atoms with Crippen LogP contribution in [0.4, 0.5) is 0 Å². The van der Waals surface area contributed by atoms with Gasteiger partial charge in [-0.2, -0.15) is 0 Å². The Labute approximate surface area is 53.6 Å². The van der Waals surface area contributed by atoms with E-state index in [1.54, 1.807) is 6.07 Å². The third-order valence-corrected chi connectivity index (χ3v) is 0.808. The van der Waals surface area contributed by atoms with Crippen LogP contribution in [0.2, 0.25) is 0 Å². The third kappa shape index (κ3) is 1.76. The van der Waals surface area contributed by atoms with Crippen LogP contribution >= 0.6 is 0 Å². The van der Waals surface area contributed by atoms with Gasteiger partial charge in [-0.25, -0.2) is 0 Å². The van der Waals surface area contributed by atoms with Crippen molar-refractivity contribution in [1.29, 1.82) is 0 Å². The molecule has 0 aliphatic heterocycles. The zero-order valence-corrected chi connectivity index (χ0v) is 5.04. The van der Waals surface area contributed by atoms with Gasteiger partial charge in [-0.05, 0) is 18.5 Å². The van der Waals surface area contributed by atoms with E-state index in [2.05, 4.69) is 16.6 Å². The minimum atomic E-state index is 0.527. The van der Waals surface area contributed by atoms with Crippen molar-refractivity contribution in [3.05, 3.63) is 19.3 Å². The zero-order chi connectivity index (χ0) is 6.53. The second-order valence-corrected chi connectivity index (χ2v) is 1.54. The van der Waals surface area contributed by atoms with E-state index in [-0.39, 0.29) is 0 Å². The largest absolute Gasteiger partial charge is 0.476 e. The Morgan fingerprint density at radius 2 is 2.67 bits per heavy atom. The highest BCUT2D eigenvalue weighted by molar-refractivity contribution is 5.01. The standard InChI is InChI=1S/C6H8NO2/c1-2-4-8-6-3-5-9-7-6/h3,5H,1-2,4H2. The van der Waals surface area contributed by atoms with Crippen molar-refractivity contribution in [3.63, 3.8) is 0 Å². The number of rotatable bonds is 3. The Morgan fingerprint density at radius 3 is 3.22 bits per heavy atom. The molecule has 3 nitrogen and oxygen atoms in total. The highest BCUT2D eigenvalue weighted by Gasteiger charge is 1.92. The summed E-state index contributed by atoms with van der Waals surface area (Å²) in [5.41, 5.74) is 0. The molecule has 0 unspecified atom stereocenters. The first-order valence-corrected chi connectivity index (χ1v) is 2.76. The zero-order valence-electron chi connectivity index (χ0n) is 5.04. The predicted octanol–water partition coefficient (Wildman–Crippen LogP) is 1.28. The maximum atomic E-state index is 5.03. The number of ether oxygens (including phenoxy) is 1.